The molecule has 0 saturated carbocycles. The summed E-state index contributed by atoms with van der Waals surface area (Å²) in [5.41, 5.74) is -2.34. The molecule has 0 saturated heterocycles. The van der Waals surface area contributed by atoms with Gasteiger partial charge in [0.15, 0.2) is 0 Å². The minimum atomic E-state index is -2.34. The third-order valence-electron chi connectivity index (χ3n) is 2.39. The third-order valence-corrected chi connectivity index (χ3v) is 4.60. The van der Waals surface area contributed by atoms with Crippen LogP contribution in [0.4, 0.5) is 0 Å². The fraction of sp³-hybridized carbons (Fsp3) is 1.00. The standard InChI is InChI=1S/C10H23O2PS2/c1-5-9(6-2)11-13(14,15)12-10(7-3)8-4/h9-10H,5-8H2,1-4H3,(H,14,15). The van der Waals surface area contributed by atoms with E-state index in [0.29, 0.717) is 0 Å². The normalized spacial score (nSPS) is 12.7. The maximum atomic E-state index is 5.74. The van der Waals surface area contributed by atoms with Gasteiger partial charge in [-0.1, -0.05) is 39.9 Å². The maximum absolute atomic E-state index is 5.74. The number of thiol groups is 1. The van der Waals surface area contributed by atoms with Crippen molar-refractivity contribution in [3.05, 3.63) is 0 Å². The first-order chi connectivity index (χ1) is 6.99. The highest BCUT2D eigenvalue weighted by Crippen LogP contribution is 2.56. The van der Waals surface area contributed by atoms with Crippen LogP contribution in [0.2, 0.25) is 0 Å². The van der Waals surface area contributed by atoms with E-state index in [2.05, 4.69) is 39.9 Å². The molecule has 0 atom stereocenters. The van der Waals surface area contributed by atoms with Gasteiger partial charge in [0, 0.05) is 0 Å². The minimum Gasteiger partial charge on any atom is -0.319 e. The Morgan fingerprint density at radius 2 is 1.20 bits per heavy atom. The fourth-order valence-electron chi connectivity index (χ4n) is 1.28. The molecular weight excluding hydrogens is 247 g/mol. The van der Waals surface area contributed by atoms with Crippen molar-refractivity contribution in [2.24, 2.45) is 0 Å². The second-order valence-corrected chi connectivity index (χ2v) is 8.75. The lowest BCUT2D eigenvalue weighted by Gasteiger charge is -2.26. The van der Waals surface area contributed by atoms with E-state index in [1.165, 1.54) is 0 Å². The zero-order valence-corrected chi connectivity index (χ0v) is 12.7. The van der Waals surface area contributed by atoms with E-state index in [-0.39, 0.29) is 12.2 Å². The van der Waals surface area contributed by atoms with Gasteiger partial charge in [0.05, 0.1) is 12.2 Å². The van der Waals surface area contributed by atoms with Gasteiger partial charge in [-0.2, -0.15) is 0 Å². The Hall–Kier alpha value is 0.920. The maximum Gasteiger partial charge on any atom is 0.244 e. The lowest BCUT2D eigenvalue weighted by Crippen LogP contribution is -2.12. The number of hydrogen-bond acceptors (Lipinski definition) is 3. The van der Waals surface area contributed by atoms with E-state index in [9.17, 15) is 0 Å². The van der Waals surface area contributed by atoms with Gasteiger partial charge in [0.2, 0.25) is 5.69 Å². The van der Waals surface area contributed by atoms with Crippen LogP contribution in [0.15, 0.2) is 0 Å². The molecule has 0 aromatic heterocycles. The van der Waals surface area contributed by atoms with Crippen LogP contribution in [0.3, 0.4) is 0 Å². The van der Waals surface area contributed by atoms with E-state index in [1.54, 1.807) is 0 Å². The van der Waals surface area contributed by atoms with Crippen LogP contribution in [0.1, 0.15) is 53.4 Å². The Bertz CT molecular complexity index is 186. The molecule has 0 fully saturated rings. The SMILES string of the molecule is CCC(CC)OP(=S)(S)OC(CC)CC. The van der Waals surface area contributed by atoms with Gasteiger partial charge >= 0.3 is 0 Å². The summed E-state index contributed by atoms with van der Waals surface area (Å²) in [7, 11) is 0. The number of hydrogen-bond donors (Lipinski definition) is 1. The summed E-state index contributed by atoms with van der Waals surface area (Å²) in [4.78, 5) is 0. The molecule has 0 amide bonds. The summed E-state index contributed by atoms with van der Waals surface area (Å²) < 4.78 is 11.5. The Labute approximate surface area is 104 Å². The first-order valence-electron chi connectivity index (χ1n) is 5.68. The molecule has 0 aliphatic carbocycles. The molecule has 0 aromatic rings. The van der Waals surface area contributed by atoms with Gasteiger partial charge in [0.25, 0.3) is 0 Å². The van der Waals surface area contributed by atoms with Crippen molar-refractivity contribution in [1.29, 1.82) is 0 Å². The Kier molecular flexibility index (Phi) is 8.57. The van der Waals surface area contributed by atoms with Crippen molar-refractivity contribution in [3.63, 3.8) is 0 Å². The Morgan fingerprint density at radius 1 is 0.933 bits per heavy atom. The van der Waals surface area contributed by atoms with Crippen molar-refractivity contribution in [2.75, 3.05) is 0 Å². The molecule has 0 heterocycles. The molecule has 0 radical (unpaired) electrons. The highest BCUT2D eigenvalue weighted by atomic mass is 32.9. The first kappa shape index (κ1) is 15.9. The predicted molar refractivity (Wildman–Crippen MR) is 74.2 cm³/mol. The van der Waals surface area contributed by atoms with Gasteiger partial charge in [-0.3, -0.25) is 0 Å². The predicted octanol–water partition coefficient (Wildman–Crippen LogP) is 4.55. The summed E-state index contributed by atoms with van der Waals surface area (Å²) in [6.07, 6.45) is 4.21. The summed E-state index contributed by atoms with van der Waals surface area (Å²) in [6.45, 7) is 8.37. The minimum absolute atomic E-state index is 0.183. The lowest BCUT2D eigenvalue weighted by molar-refractivity contribution is 0.141. The number of rotatable bonds is 8. The molecule has 92 valence electrons. The van der Waals surface area contributed by atoms with Crippen molar-refractivity contribution < 1.29 is 9.05 Å². The first-order valence-corrected chi connectivity index (χ1v) is 9.47. The zero-order valence-electron chi connectivity index (χ0n) is 10.1. The van der Waals surface area contributed by atoms with E-state index < -0.39 is 5.69 Å². The van der Waals surface area contributed by atoms with Gasteiger partial charge in [-0.15, -0.1) is 0 Å². The van der Waals surface area contributed by atoms with Crippen molar-refractivity contribution in [2.45, 2.75) is 65.6 Å². The summed E-state index contributed by atoms with van der Waals surface area (Å²) >= 11 is 9.65. The second-order valence-electron chi connectivity index (χ2n) is 3.56. The lowest BCUT2D eigenvalue weighted by atomic mass is 10.2. The van der Waals surface area contributed by atoms with E-state index in [1.807, 2.05) is 0 Å². The third kappa shape index (κ3) is 6.96. The van der Waals surface area contributed by atoms with Crippen LogP contribution >= 0.6 is 17.9 Å². The fourth-order valence-corrected chi connectivity index (χ4v) is 4.21. The van der Waals surface area contributed by atoms with E-state index >= 15 is 0 Å². The van der Waals surface area contributed by atoms with E-state index in [4.69, 9.17) is 20.9 Å². The van der Waals surface area contributed by atoms with Gasteiger partial charge in [-0.05, 0) is 37.5 Å². The topological polar surface area (TPSA) is 18.5 Å². The zero-order chi connectivity index (χ0) is 11.9. The van der Waals surface area contributed by atoms with Crippen LogP contribution in [0, 0.1) is 0 Å². The van der Waals surface area contributed by atoms with Crippen LogP contribution < -0.4 is 0 Å². The Balaban J connectivity index is 4.21. The molecule has 2 nitrogen and oxygen atoms in total. The molecule has 5 heteroatoms. The summed E-state index contributed by atoms with van der Waals surface area (Å²) in [6, 6.07) is 0. The molecule has 0 unspecified atom stereocenters. The largest absolute Gasteiger partial charge is 0.319 e. The van der Waals surface area contributed by atoms with Crippen LogP contribution in [0.25, 0.3) is 0 Å². The molecule has 0 spiro atoms. The molecular formula is C10H23O2PS2. The van der Waals surface area contributed by atoms with Crippen molar-refractivity contribution in [1.82, 2.24) is 0 Å². The van der Waals surface area contributed by atoms with Crippen molar-refractivity contribution in [3.8, 4) is 0 Å². The summed E-state index contributed by atoms with van der Waals surface area (Å²) in [5, 5.41) is 0. The highest BCUT2D eigenvalue weighted by molar-refractivity contribution is 8.60. The molecule has 0 aliphatic heterocycles. The van der Waals surface area contributed by atoms with E-state index in [0.717, 1.165) is 25.7 Å². The van der Waals surface area contributed by atoms with Crippen LogP contribution in [-0.2, 0) is 20.9 Å². The van der Waals surface area contributed by atoms with Crippen LogP contribution in [-0.4, -0.2) is 12.2 Å². The van der Waals surface area contributed by atoms with Gasteiger partial charge in [-0.25, -0.2) is 0 Å². The highest BCUT2D eigenvalue weighted by Gasteiger charge is 2.21. The monoisotopic (exact) mass is 270 g/mol. The summed E-state index contributed by atoms with van der Waals surface area (Å²) in [5.74, 6) is 0. The smallest absolute Gasteiger partial charge is 0.244 e. The second kappa shape index (κ2) is 8.08. The Morgan fingerprint density at radius 3 is 1.40 bits per heavy atom. The molecule has 15 heavy (non-hydrogen) atoms. The average Bonchev–Trinajstić information content (AvgIpc) is 2.22. The molecule has 0 N–H and O–H groups in total. The van der Waals surface area contributed by atoms with Gasteiger partial charge in [0.1, 0.15) is 0 Å². The average molecular weight is 270 g/mol. The molecule has 0 aliphatic rings. The van der Waals surface area contributed by atoms with Crippen molar-refractivity contribution >= 4 is 29.7 Å². The molecule has 0 bridgehead atoms. The molecule has 0 aromatic carbocycles. The van der Waals surface area contributed by atoms with Crippen LogP contribution in [0.5, 0.6) is 0 Å². The quantitative estimate of drug-likeness (QED) is 0.515. The molecule has 0 rings (SSSR count). The van der Waals surface area contributed by atoms with Gasteiger partial charge < -0.3 is 9.05 Å².